The van der Waals surface area contributed by atoms with Crippen LogP contribution in [0.15, 0.2) is 59.9 Å². The predicted octanol–water partition coefficient (Wildman–Crippen LogP) is 3.46. The van der Waals surface area contributed by atoms with Crippen molar-refractivity contribution >= 4 is 43.4 Å². The molecule has 0 aliphatic carbocycles. The van der Waals surface area contributed by atoms with Crippen molar-refractivity contribution in [2.45, 2.75) is 18.9 Å². The van der Waals surface area contributed by atoms with E-state index in [1.165, 1.54) is 11.3 Å². The molecule has 0 spiro atoms. The third-order valence-corrected chi connectivity index (χ3v) is 5.76. The van der Waals surface area contributed by atoms with Gasteiger partial charge in [-0.15, -0.1) is 11.3 Å². The van der Waals surface area contributed by atoms with E-state index in [4.69, 9.17) is 14.2 Å². The van der Waals surface area contributed by atoms with Gasteiger partial charge in [0.05, 0.1) is 18.8 Å². The summed E-state index contributed by atoms with van der Waals surface area (Å²) in [6.07, 6.45) is 1.44. The third-order valence-electron chi connectivity index (χ3n) is 4.62. The third kappa shape index (κ3) is 6.23. The minimum atomic E-state index is -0.960. The molecule has 3 rings (SSSR count). The van der Waals surface area contributed by atoms with Crippen molar-refractivity contribution in [3.05, 3.63) is 70.9 Å². The maximum Gasteiger partial charge on any atom is 0.338 e. The summed E-state index contributed by atoms with van der Waals surface area (Å²) in [6, 6.07) is 12.2. The summed E-state index contributed by atoms with van der Waals surface area (Å²) >= 11 is 1.43. The number of esters is 2. The van der Waals surface area contributed by atoms with E-state index >= 15 is 0 Å². The average Bonchev–Trinajstić information content (AvgIpc) is 2.81. The van der Waals surface area contributed by atoms with Crippen molar-refractivity contribution < 1.29 is 28.9 Å². The smallest absolute Gasteiger partial charge is 0.338 e. The summed E-state index contributed by atoms with van der Waals surface area (Å²) in [6.45, 7) is 3.79. The molecule has 7 nitrogen and oxygen atoms in total. The predicted molar refractivity (Wildman–Crippen MR) is 123 cm³/mol. The van der Waals surface area contributed by atoms with Crippen LogP contribution in [0.25, 0.3) is 20.2 Å². The number of aliphatic hydroxyl groups excluding tert-OH is 1. The van der Waals surface area contributed by atoms with Gasteiger partial charge in [-0.2, -0.15) is 0 Å². The van der Waals surface area contributed by atoms with Crippen molar-refractivity contribution in [2.75, 3.05) is 26.4 Å². The second kappa shape index (κ2) is 11.5. The van der Waals surface area contributed by atoms with Crippen LogP contribution >= 0.6 is 11.3 Å². The first-order chi connectivity index (χ1) is 15.5. The maximum absolute atomic E-state index is 12.6. The van der Waals surface area contributed by atoms with Crippen molar-refractivity contribution in [1.29, 1.82) is 0 Å². The lowest BCUT2D eigenvalue weighted by Crippen LogP contribution is -2.24. The molecule has 0 amide bonds. The first-order valence-corrected chi connectivity index (χ1v) is 11.0. The first-order valence-electron chi connectivity index (χ1n) is 10.2. The van der Waals surface area contributed by atoms with Gasteiger partial charge in [-0.25, -0.2) is 9.59 Å². The van der Waals surface area contributed by atoms with Gasteiger partial charge in [0.1, 0.15) is 12.7 Å². The number of hydrogen-bond donors (Lipinski definition) is 1. The number of hydrogen-bond acceptors (Lipinski definition) is 8. The Kier molecular flexibility index (Phi) is 8.49. The van der Waals surface area contributed by atoms with Gasteiger partial charge in [-0.1, -0.05) is 18.7 Å². The molecule has 1 aromatic heterocycles. The van der Waals surface area contributed by atoms with Crippen LogP contribution in [-0.4, -0.2) is 49.6 Å². The number of rotatable bonds is 11. The second-order valence-electron chi connectivity index (χ2n) is 7.04. The van der Waals surface area contributed by atoms with Crippen LogP contribution in [-0.2, 0) is 19.0 Å². The molecule has 1 N–H and O–H groups in total. The molecule has 0 fully saturated rings. The lowest BCUT2D eigenvalue weighted by Gasteiger charge is -2.12. The molecule has 3 aromatic rings. The minimum Gasteiger partial charge on any atom is -0.463 e. The molecule has 2 aromatic carbocycles. The lowest BCUT2D eigenvalue weighted by atomic mass is 10.1. The molecular weight excluding hydrogens is 432 g/mol. The number of benzene rings is 2. The molecule has 0 saturated carbocycles. The van der Waals surface area contributed by atoms with Crippen molar-refractivity contribution in [2.24, 2.45) is 0 Å². The summed E-state index contributed by atoms with van der Waals surface area (Å²) in [7, 11) is 0. The molecule has 0 radical (unpaired) electrons. The van der Waals surface area contributed by atoms with Crippen LogP contribution in [0.2, 0.25) is 0 Å². The Hall–Kier alpha value is -3.07. The van der Waals surface area contributed by atoms with E-state index in [0.717, 1.165) is 10.8 Å². The standard InChI is InChI=1S/C24H24O7S/c1-2-22(26)30-12-6-5-11-29-14-17(25)15-31-24(28)16-9-10-19-21(13-16)32-20-8-4-3-7-18(20)23(19)27/h2-4,7-10,13,17,25H,1,5-6,11-12,14-15H2. The quantitative estimate of drug-likeness (QED) is 0.204. The molecule has 1 heterocycles. The van der Waals surface area contributed by atoms with Crippen LogP contribution in [0, 0.1) is 0 Å². The Bertz CT molecular complexity index is 1170. The normalized spacial score (nSPS) is 11.9. The molecule has 0 saturated heterocycles. The average molecular weight is 457 g/mol. The zero-order chi connectivity index (χ0) is 22.9. The Morgan fingerprint density at radius 3 is 2.56 bits per heavy atom. The highest BCUT2D eigenvalue weighted by Crippen LogP contribution is 2.25. The molecule has 0 aliphatic rings. The molecule has 1 atom stereocenters. The molecule has 1 unspecified atom stereocenters. The second-order valence-corrected chi connectivity index (χ2v) is 8.13. The molecule has 0 aliphatic heterocycles. The largest absolute Gasteiger partial charge is 0.463 e. The van der Waals surface area contributed by atoms with E-state index in [9.17, 15) is 19.5 Å². The van der Waals surface area contributed by atoms with Gasteiger partial charge in [-0.3, -0.25) is 4.79 Å². The summed E-state index contributed by atoms with van der Waals surface area (Å²) in [5, 5.41) is 11.2. The van der Waals surface area contributed by atoms with Crippen molar-refractivity contribution in [3.63, 3.8) is 0 Å². The topological polar surface area (TPSA) is 99.1 Å². The van der Waals surface area contributed by atoms with Gasteiger partial charge in [0.15, 0.2) is 5.43 Å². The SMILES string of the molecule is C=CC(=O)OCCCCOCC(O)COC(=O)c1ccc2c(=O)c3ccccc3sc2c1. The Morgan fingerprint density at radius 2 is 1.75 bits per heavy atom. The van der Waals surface area contributed by atoms with Gasteiger partial charge in [0.25, 0.3) is 0 Å². The van der Waals surface area contributed by atoms with Crippen LogP contribution in [0.3, 0.4) is 0 Å². The minimum absolute atomic E-state index is 0.0189. The molecule has 32 heavy (non-hydrogen) atoms. The van der Waals surface area contributed by atoms with E-state index < -0.39 is 18.0 Å². The van der Waals surface area contributed by atoms with Gasteiger partial charge >= 0.3 is 11.9 Å². The number of ether oxygens (including phenoxy) is 3. The summed E-state index contributed by atoms with van der Waals surface area (Å²) in [4.78, 5) is 35.9. The van der Waals surface area contributed by atoms with E-state index in [0.29, 0.717) is 40.5 Å². The number of aliphatic hydroxyl groups is 1. The van der Waals surface area contributed by atoms with Gasteiger partial charge < -0.3 is 19.3 Å². The Balaban J connectivity index is 1.46. The molecule has 0 bridgehead atoms. The summed E-state index contributed by atoms with van der Waals surface area (Å²) < 4.78 is 16.9. The first kappa shape index (κ1) is 23.6. The van der Waals surface area contributed by atoms with Crippen LogP contribution in [0.1, 0.15) is 23.2 Å². The van der Waals surface area contributed by atoms with Gasteiger partial charge in [0, 0.05) is 32.9 Å². The Morgan fingerprint density at radius 1 is 1.00 bits per heavy atom. The number of unbranched alkanes of at least 4 members (excludes halogenated alkanes) is 1. The van der Waals surface area contributed by atoms with Crippen LogP contribution < -0.4 is 5.43 Å². The molecule has 8 heteroatoms. The maximum atomic E-state index is 12.6. The highest BCUT2D eigenvalue weighted by Gasteiger charge is 2.14. The van der Waals surface area contributed by atoms with E-state index in [1.54, 1.807) is 24.3 Å². The highest BCUT2D eigenvalue weighted by atomic mass is 32.1. The Labute approximate surface area is 188 Å². The summed E-state index contributed by atoms with van der Waals surface area (Å²) in [5.41, 5.74) is 0.242. The van der Waals surface area contributed by atoms with E-state index in [-0.39, 0.29) is 25.2 Å². The molecular formula is C24H24O7S. The van der Waals surface area contributed by atoms with Crippen LogP contribution in [0.4, 0.5) is 0 Å². The van der Waals surface area contributed by atoms with Crippen molar-refractivity contribution in [3.8, 4) is 0 Å². The number of fused-ring (bicyclic) bond motifs is 2. The van der Waals surface area contributed by atoms with Gasteiger partial charge in [0.2, 0.25) is 0 Å². The fourth-order valence-electron chi connectivity index (χ4n) is 2.99. The zero-order valence-electron chi connectivity index (χ0n) is 17.5. The number of carbonyl (C=O) groups is 2. The van der Waals surface area contributed by atoms with Crippen LogP contribution in [0.5, 0.6) is 0 Å². The number of carbonyl (C=O) groups excluding carboxylic acids is 2. The van der Waals surface area contributed by atoms with E-state index in [1.807, 2.05) is 18.2 Å². The zero-order valence-corrected chi connectivity index (χ0v) is 18.3. The van der Waals surface area contributed by atoms with Crippen molar-refractivity contribution in [1.82, 2.24) is 0 Å². The monoisotopic (exact) mass is 456 g/mol. The fourth-order valence-corrected chi connectivity index (χ4v) is 4.10. The lowest BCUT2D eigenvalue weighted by molar-refractivity contribution is -0.137. The fraction of sp³-hybridized carbons (Fsp3) is 0.292. The summed E-state index contributed by atoms with van der Waals surface area (Å²) in [5.74, 6) is -1.04. The highest BCUT2D eigenvalue weighted by molar-refractivity contribution is 7.24. The van der Waals surface area contributed by atoms with Gasteiger partial charge in [-0.05, 0) is 43.2 Å². The molecule has 168 valence electrons. The van der Waals surface area contributed by atoms with E-state index in [2.05, 4.69) is 6.58 Å².